The average molecular weight is 562 g/mol. The van der Waals surface area contributed by atoms with Crippen molar-refractivity contribution in [3.05, 3.63) is 111 Å². The molecule has 0 aliphatic heterocycles. The van der Waals surface area contributed by atoms with E-state index in [1.165, 1.54) is 23.0 Å². The molecule has 0 radical (unpaired) electrons. The first-order chi connectivity index (χ1) is 19.1. The van der Waals surface area contributed by atoms with Crippen LogP contribution in [0.1, 0.15) is 35.7 Å². The van der Waals surface area contributed by atoms with E-state index in [1.807, 2.05) is 6.07 Å². The maximum Gasteiger partial charge on any atom is 0.433 e. The molecule has 5 rings (SSSR count). The Morgan fingerprint density at radius 1 is 0.975 bits per heavy atom. The van der Waals surface area contributed by atoms with E-state index < -0.39 is 17.9 Å². The molecule has 3 aromatic heterocycles. The Labute approximate surface area is 230 Å². The van der Waals surface area contributed by atoms with Gasteiger partial charge in [-0.05, 0) is 49.2 Å². The first-order valence-electron chi connectivity index (χ1n) is 11.8. The number of benzene rings is 2. The molecule has 200 valence electrons. The lowest BCUT2D eigenvalue weighted by Crippen LogP contribution is -2.27. The van der Waals surface area contributed by atoms with Gasteiger partial charge >= 0.3 is 6.18 Å². The highest BCUT2D eigenvalue weighted by Crippen LogP contribution is 2.28. The third-order valence-electron chi connectivity index (χ3n) is 5.86. The van der Waals surface area contributed by atoms with Gasteiger partial charge in [-0.25, -0.2) is 19.9 Å². The normalized spacial score (nSPS) is 12.0. The highest BCUT2D eigenvalue weighted by Gasteiger charge is 2.32. The molecule has 5 aromatic rings. The number of para-hydroxylation sites is 1. The lowest BCUT2D eigenvalue weighted by atomic mass is 10.2. The summed E-state index contributed by atoms with van der Waals surface area (Å²) < 4.78 is 40.7. The zero-order valence-electron chi connectivity index (χ0n) is 20.7. The molecule has 3 heterocycles. The molecule has 1 unspecified atom stereocenters. The summed E-state index contributed by atoms with van der Waals surface area (Å²) >= 11 is 6.36. The standard InChI is InChI=1S/C28H19ClF3N7O/c1-16(26-38-21-11-6-10-20(29)23(21)27(40)39(26)18-8-3-2-4-9-18)36-25-19(24(33)34-15-35-25)14-13-17-7-5-12-22(37-17)28(30,31)32/h2-12,15-16H,1H3,(H3,33,34,35,36). The number of nitrogens with zero attached hydrogens (tertiary/aromatic N) is 5. The highest BCUT2D eigenvalue weighted by molar-refractivity contribution is 6.35. The van der Waals surface area contributed by atoms with Gasteiger partial charge in [-0.15, -0.1) is 0 Å². The molecule has 12 heteroatoms. The van der Waals surface area contributed by atoms with E-state index in [-0.39, 0.29) is 38.9 Å². The van der Waals surface area contributed by atoms with Crippen molar-refractivity contribution in [3.63, 3.8) is 0 Å². The minimum atomic E-state index is -4.61. The Balaban J connectivity index is 1.58. The van der Waals surface area contributed by atoms with Crippen LogP contribution in [0, 0.1) is 11.8 Å². The number of nitrogens with two attached hydrogens (primary N) is 1. The summed E-state index contributed by atoms with van der Waals surface area (Å²) in [5.41, 5.74) is 5.65. The van der Waals surface area contributed by atoms with Crippen molar-refractivity contribution in [1.82, 2.24) is 24.5 Å². The summed E-state index contributed by atoms with van der Waals surface area (Å²) in [6.07, 6.45) is -3.39. The van der Waals surface area contributed by atoms with Gasteiger partial charge < -0.3 is 11.1 Å². The summed E-state index contributed by atoms with van der Waals surface area (Å²) in [4.78, 5) is 30.1. The number of hydrogen-bond acceptors (Lipinski definition) is 7. The largest absolute Gasteiger partial charge is 0.433 e. The second-order valence-electron chi connectivity index (χ2n) is 8.58. The molecule has 0 saturated heterocycles. The zero-order valence-corrected chi connectivity index (χ0v) is 21.5. The van der Waals surface area contributed by atoms with Gasteiger partial charge in [0.2, 0.25) is 0 Å². The summed E-state index contributed by atoms with van der Waals surface area (Å²) in [6, 6.07) is 16.8. The van der Waals surface area contributed by atoms with Gasteiger partial charge in [0, 0.05) is 0 Å². The highest BCUT2D eigenvalue weighted by atomic mass is 35.5. The minimum Gasteiger partial charge on any atom is -0.382 e. The lowest BCUT2D eigenvalue weighted by Gasteiger charge is -2.21. The third kappa shape index (κ3) is 5.30. The van der Waals surface area contributed by atoms with E-state index in [0.717, 1.165) is 6.07 Å². The van der Waals surface area contributed by atoms with Crippen molar-refractivity contribution >= 4 is 34.1 Å². The van der Waals surface area contributed by atoms with Crippen LogP contribution in [0.2, 0.25) is 5.02 Å². The van der Waals surface area contributed by atoms with Crippen LogP contribution in [-0.2, 0) is 6.18 Å². The molecule has 40 heavy (non-hydrogen) atoms. The van der Waals surface area contributed by atoms with Crippen LogP contribution >= 0.6 is 11.6 Å². The molecule has 0 bridgehead atoms. The quantitative estimate of drug-likeness (QED) is 0.283. The van der Waals surface area contributed by atoms with Crippen molar-refractivity contribution in [2.45, 2.75) is 19.1 Å². The molecular weight excluding hydrogens is 543 g/mol. The molecule has 0 aliphatic carbocycles. The zero-order chi connectivity index (χ0) is 28.4. The smallest absolute Gasteiger partial charge is 0.382 e. The van der Waals surface area contributed by atoms with Crippen LogP contribution < -0.4 is 16.6 Å². The SMILES string of the molecule is CC(Nc1ncnc(N)c1C#Cc1cccc(C(F)(F)F)n1)c1nc2cccc(Cl)c2c(=O)n1-c1ccccc1. The topological polar surface area (TPSA) is 112 Å². The minimum absolute atomic E-state index is 0.00267. The predicted molar refractivity (Wildman–Crippen MR) is 146 cm³/mol. The number of halogens is 4. The lowest BCUT2D eigenvalue weighted by molar-refractivity contribution is -0.141. The van der Waals surface area contributed by atoms with E-state index in [4.69, 9.17) is 22.3 Å². The van der Waals surface area contributed by atoms with Crippen molar-refractivity contribution in [2.75, 3.05) is 11.1 Å². The van der Waals surface area contributed by atoms with Crippen molar-refractivity contribution in [1.29, 1.82) is 0 Å². The molecule has 1 atom stereocenters. The molecule has 0 aliphatic rings. The first kappa shape index (κ1) is 26.6. The maximum atomic E-state index is 13.7. The summed E-state index contributed by atoms with van der Waals surface area (Å²) in [6.45, 7) is 1.77. The van der Waals surface area contributed by atoms with E-state index >= 15 is 0 Å². The molecule has 8 nitrogen and oxygen atoms in total. The number of alkyl halides is 3. The number of aromatic nitrogens is 5. The van der Waals surface area contributed by atoms with Crippen molar-refractivity contribution in [2.24, 2.45) is 0 Å². The molecule has 0 saturated carbocycles. The Morgan fingerprint density at radius 3 is 2.48 bits per heavy atom. The number of pyridine rings is 1. The van der Waals surface area contributed by atoms with Crippen LogP contribution in [0.4, 0.5) is 24.8 Å². The first-order valence-corrected chi connectivity index (χ1v) is 12.2. The van der Waals surface area contributed by atoms with Crippen molar-refractivity contribution < 1.29 is 13.2 Å². The fourth-order valence-electron chi connectivity index (χ4n) is 4.01. The van der Waals surface area contributed by atoms with E-state index in [1.54, 1.807) is 49.4 Å². The second kappa shape index (κ2) is 10.7. The molecule has 0 amide bonds. The van der Waals surface area contributed by atoms with Crippen LogP contribution in [-0.4, -0.2) is 24.5 Å². The summed E-state index contributed by atoms with van der Waals surface area (Å²) in [5.74, 6) is 5.87. The fraction of sp³-hybridized carbons (Fsp3) is 0.107. The van der Waals surface area contributed by atoms with Gasteiger partial charge in [-0.1, -0.05) is 47.9 Å². The number of nitrogens with one attached hydrogen (secondary N) is 1. The number of anilines is 2. The molecule has 0 fully saturated rings. The fourth-order valence-corrected chi connectivity index (χ4v) is 4.26. The monoisotopic (exact) mass is 561 g/mol. The Morgan fingerprint density at radius 2 is 1.73 bits per heavy atom. The Bertz CT molecular complexity index is 1850. The summed E-state index contributed by atoms with van der Waals surface area (Å²) in [5, 5.41) is 3.71. The maximum absolute atomic E-state index is 13.7. The Kier molecular flexibility index (Phi) is 7.11. The van der Waals surface area contributed by atoms with E-state index in [0.29, 0.717) is 17.0 Å². The Hall–Kier alpha value is -4.95. The molecule has 0 spiro atoms. The van der Waals surface area contributed by atoms with Gasteiger partial charge in [0.15, 0.2) is 0 Å². The van der Waals surface area contributed by atoms with Gasteiger partial charge in [-0.3, -0.25) is 9.36 Å². The predicted octanol–water partition coefficient (Wildman–Crippen LogP) is 5.40. The van der Waals surface area contributed by atoms with Gasteiger partial charge in [0.25, 0.3) is 5.56 Å². The second-order valence-corrected chi connectivity index (χ2v) is 8.99. The number of rotatable bonds is 4. The number of nitrogen functional groups attached to an aromatic ring is 1. The van der Waals surface area contributed by atoms with Crippen LogP contribution in [0.3, 0.4) is 0 Å². The molecule has 3 N–H and O–H groups in total. The van der Waals surface area contributed by atoms with E-state index in [2.05, 4.69) is 32.1 Å². The van der Waals surface area contributed by atoms with Gasteiger partial charge in [0.1, 0.15) is 40.7 Å². The average Bonchev–Trinajstić information content (AvgIpc) is 2.92. The molecular formula is C28H19ClF3N7O. The van der Waals surface area contributed by atoms with Crippen LogP contribution in [0.15, 0.2) is 77.9 Å². The van der Waals surface area contributed by atoms with Crippen LogP contribution in [0.5, 0.6) is 0 Å². The third-order valence-corrected chi connectivity index (χ3v) is 6.17. The van der Waals surface area contributed by atoms with Crippen LogP contribution in [0.25, 0.3) is 16.6 Å². The number of fused-ring (bicyclic) bond motifs is 1. The van der Waals surface area contributed by atoms with Gasteiger partial charge in [0.05, 0.1) is 27.7 Å². The number of hydrogen-bond donors (Lipinski definition) is 2. The summed E-state index contributed by atoms with van der Waals surface area (Å²) in [7, 11) is 0. The van der Waals surface area contributed by atoms with Gasteiger partial charge in [-0.2, -0.15) is 13.2 Å². The van der Waals surface area contributed by atoms with Crippen molar-refractivity contribution in [3.8, 4) is 17.5 Å². The molecule has 2 aromatic carbocycles. The van der Waals surface area contributed by atoms with E-state index in [9.17, 15) is 18.0 Å².